The fourth-order valence-corrected chi connectivity index (χ4v) is 1.67. The van der Waals surface area contributed by atoms with E-state index in [0.29, 0.717) is 11.4 Å². The predicted octanol–water partition coefficient (Wildman–Crippen LogP) is 1.80. The van der Waals surface area contributed by atoms with Crippen LogP contribution in [0, 0.1) is 13.8 Å². The van der Waals surface area contributed by atoms with Gasteiger partial charge in [-0.1, -0.05) is 0 Å². The SMILES string of the molecule is Cc1ncc(C(=O)N(CC(F)F)c2ccnnc2)nc1C. The first kappa shape index (κ1) is 14.9. The first-order valence-corrected chi connectivity index (χ1v) is 6.16. The minimum atomic E-state index is -2.68. The second-order valence-corrected chi connectivity index (χ2v) is 4.33. The van der Waals surface area contributed by atoms with E-state index in [1.165, 1.54) is 24.7 Å². The number of hydrogen-bond acceptors (Lipinski definition) is 5. The van der Waals surface area contributed by atoms with Crippen LogP contribution in [0.15, 0.2) is 24.7 Å². The lowest BCUT2D eigenvalue weighted by Gasteiger charge is -2.21. The van der Waals surface area contributed by atoms with E-state index < -0.39 is 18.9 Å². The van der Waals surface area contributed by atoms with Crippen LogP contribution in [-0.2, 0) is 0 Å². The second kappa shape index (κ2) is 6.29. The van der Waals surface area contributed by atoms with Crippen LogP contribution in [0.1, 0.15) is 21.9 Å². The maximum absolute atomic E-state index is 12.7. The minimum Gasteiger partial charge on any atom is -0.300 e. The van der Waals surface area contributed by atoms with Crippen molar-refractivity contribution in [3.8, 4) is 0 Å². The molecule has 21 heavy (non-hydrogen) atoms. The van der Waals surface area contributed by atoms with Gasteiger partial charge in [-0.25, -0.2) is 13.8 Å². The first-order valence-electron chi connectivity index (χ1n) is 6.16. The molecule has 2 aromatic rings. The van der Waals surface area contributed by atoms with Crippen LogP contribution in [-0.4, -0.2) is 39.0 Å². The van der Waals surface area contributed by atoms with E-state index in [2.05, 4.69) is 20.2 Å². The van der Waals surface area contributed by atoms with Crippen molar-refractivity contribution >= 4 is 11.6 Å². The molecule has 0 saturated heterocycles. The molecule has 0 aliphatic rings. The number of rotatable bonds is 4. The standard InChI is InChI=1S/C13H13F2N5O/c1-8-9(2)19-11(6-16-8)13(21)20(7-12(14)15)10-3-4-17-18-5-10/h3-6,12H,7H2,1-2H3. The fourth-order valence-electron chi connectivity index (χ4n) is 1.67. The van der Waals surface area contributed by atoms with Crippen molar-refractivity contribution in [2.75, 3.05) is 11.4 Å². The molecule has 2 heterocycles. The Balaban J connectivity index is 2.36. The Morgan fingerprint density at radius 3 is 2.57 bits per heavy atom. The summed E-state index contributed by atoms with van der Waals surface area (Å²) in [6.07, 6.45) is 1.17. The van der Waals surface area contributed by atoms with Crippen LogP contribution in [0.4, 0.5) is 14.5 Å². The summed E-state index contributed by atoms with van der Waals surface area (Å²) in [5, 5.41) is 7.16. The average molecular weight is 293 g/mol. The van der Waals surface area contributed by atoms with E-state index in [1.54, 1.807) is 13.8 Å². The lowest BCUT2D eigenvalue weighted by Crippen LogP contribution is -2.36. The number of anilines is 1. The van der Waals surface area contributed by atoms with Crippen molar-refractivity contribution in [2.24, 2.45) is 0 Å². The molecular formula is C13H13F2N5O. The Morgan fingerprint density at radius 1 is 1.24 bits per heavy atom. The van der Waals surface area contributed by atoms with Gasteiger partial charge in [0.1, 0.15) is 5.69 Å². The van der Waals surface area contributed by atoms with Gasteiger partial charge in [-0.05, 0) is 19.9 Å². The molecule has 110 valence electrons. The minimum absolute atomic E-state index is 0.00978. The summed E-state index contributed by atoms with van der Waals surface area (Å²) >= 11 is 0. The monoisotopic (exact) mass is 293 g/mol. The molecule has 6 nitrogen and oxygen atoms in total. The van der Waals surface area contributed by atoms with Gasteiger partial charge < -0.3 is 0 Å². The summed E-state index contributed by atoms with van der Waals surface area (Å²) in [6.45, 7) is 2.70. The number of hydrogen-bond donors (Lipinski definition) is 0. The van der Waals surface area contributed by atoms with Gasteiger partial charge in [-0.3, -0.25) is 14.7 Å². The van der Waals surface area contributed by atoms with Crippen LogP contribution < -0.4 is 4.90 Å². The molecule has 0 radical (unpaired) electrons. The van der Waals surface area contributed by atoms with Crippen LogP contribution in [0.5, 0.6) is 0 Å². The predicted molar refractivity (Wildman–Crippen MR) is 71.2 cm³/mol. The first-order chi connectivity index (χ1) is 9.99. The van der Waals surface area contributed by atoms with Crippen molar-refractivity contribution in [3.63, 3.8) is 0 Å². The molecule has 2 rings (SSSR count). The van der Waals surface area contributed by atoms with Gasteiger partial charge in [0.05, 0.1) is 42.2 Å². The maximum Gasteiger partial charge on any atom is 0.278 e. The van der Waals surface area contributed by atoms with E-state index in [0.717, 1.165) is 4.90 Å². The number of halogens is 2. The molecule has 0 atom stereocenters. The van der Waals surface area contributed by atoms with E-state index >= 15 is 0 Å². The zero-order chi connectivity index (χ0) is 15.4. The maximum atomic E-state index is 12.7. The van der Waals surface area contributed by atoms with Crippen LogP contribution in [0.2, 0.25) is 0 Å². The van der Waals surface area contributed by atoms with Crippen LogP contribution >= 0.6 is 0 Å². The molecule has 0 aliphatic carbocycles. The summed E-state index contributed by atoms with van der Waals surface area (Å²) in [6, 6.07) is 1.43. The third-order valence-electron chi connectivity index (χ3n) is 2.86. The summed E-state index contributed by atoms with van der Waals surface area (Å²) in [5.74, 6) is -0.654. The Bertz CT molecular complexity index is 636. The summed E-state index contributed by atoms with van der Waals surface area (Å²) in [4.78, 5) is 21.4. The van der Waals surface area contributed by atoms with Gasteiger partial charge in [0.25, 0.3) is 12.3 Å². The Kier molecular flexibility index (Phi) is 4.46. The Morgan fingerprint density at radius 2 is 2.00 bits per heavy atom. The van der Waals surface area contributed by atoms with Gasteiger partial charge in [-0.15, -0.1) is 0 Å². The number of carbonyl (C=O) groups is 1. The molecule has 2 aromatic heterocycles. The third-order valence-corrected chi connectivity index (χ3v) is 2.86. The largest absolute Gasteiger partial charge is 0.300 e. The zero-order valence-corrected chi connectivity index (χ0v) is 11.5. The van der Waals surface area contributed by atoms with Crippen molar-refractivity contribution in [1.29, 1.82) is 0 Å². The summed E-state index contributed by atoms with van der Waals surface area (Å²) in [7, 11) is 0. The van der Waals surface area contributed by atoms with E-state index in [-0.39, 0.29) is 11.4 Å². The van der Waals surface area contributed by atoms with Gasteiger partial charge in [0.15, 0.2) is 0 Å². The number of aryl methyl sites for hydroxylation is 2. The Labute approximate surface area is 119 Å². The molecule has 8 heteroatoms. The number of carbonyl (C=O) groups excluding carboxylic acids is 1. The molecule has 0 aromatic carbocycles. The number of alkyl halides is 2. The number of aromatic nitrogens is 4. The lowest BCUT2D eigenvalue weighted by atomic mass is 10.3. The topological polar surface area (TPSA) is 71.9 Å². The van der Waals surface area contributed by atoms with Crippen molar-refractivity contribution < 1.29 is 13.6 Å². The van der Waals surface area contributed by atoms with Gasteiger partial charge in [0, 0.05) is 0 Å². The fraction of sp³-hybridized carbons (Fsp3) is 0.308. The molecule has 0 saturated carbocycles. The molecule has 0 bridgehead atoms. The van der Waals surface area contributed by atoms with Gasteiger partial charge >= 0.3 is 0 Å². The quantitative estimate of drug-likeness (QED) is 0.859. The molecule has 0 fully saturated rings. The molecule has 0 spiro atoms. The summed E-state index contributed by atoms with van der Waals surface area (Å²) in [5.41, 5.74) is 1.49. The van der Waals surface area contributed by atoms with Gasteiger partial charge in [0.2, 0.25) is 0 Å². The highest BCUT2D eigenvalue weighted by Gasteiger charge is 2.23. The van der Waals surface area contributed by atoms with Crippen molar-refractivity contribution in [1.82, 2.24) is 20.2 Å². The highest BCUT2D eigenvalue weighted by molar-refractivity contribution is 6.04. The van der Waals surface area contributed by atoms with Gasteiger partial charge in [-0.2, -0.15) is 10.2 Å². The van der Waals surface area contributed by atoms with E-state index in [9.17, 15) is 13.6 Å². The van der Waals surface area contributed by atoms with Crippen molar-refractivity contribution in [3.05, 3.63) is 41.7 Å². The highest BCUT2D eigenvalue weighted by Crippen LogP contribution is 2.16. The lowest BCUT2D eigenvalue weighted by molar-refractivity contribution is 0.0940. The van der Waals surface area contributed by atoms with E-state index in [1.807, 2.05) is 0 Å². The smallest absolute Gasteiger partial charge is 0.278 e. The van der Waals surface area contributed by atoms with Crippen LogP contribution in [0.3, 0.4) is 0 Å². The van der Waals surface area contributed by atoms with E-state index in [4.69, 9.17) is 0 Å². The molecule has 0 aliphatic heterocycles. The number of amides is 1. The van der Waals surface area contributed by atoms with Crippen LogP contribution in [0.25, 0.3) is 0 Å². The molecule has 1 amide bonds. The highest BCUT2D eigenvalue weighted by atomic mass is 19.3. The third kappa shape index (κ3) is 3.53. The molecular weight excluding hydrogens is 280 g/mol. The number of nitrogens with zero attached hydrogens (tertiary/aromatic N) is 5. The normalized spacial score (nSPS) is 10.7. The molecule has 0 N–H and O–H groups in total. The molecule has 0 unspecified atom stereocenters. The summed E-state index contributed by atoms with van der Waals surface area (Å²) < 4.78 is 25.4. The second-order valence-electron chi connectivity index (χ2n) is 4.33. The Hall–Kier alpha value is -2.51. The zero-order valence-electron chi connectivity index (χ0n) is 11.5. The van der Waals surface area contributed by atoms with Crippen molar-refractivity contribution in [2.45, 2.75) is 20.3 Å². The average Bonchev–Trinajstić information content (AvgIpc) is 2.47.